The first-order chi connectivity index (χ1) is 7.56. The molecule has 1 aromatic rings. The van der Waals surface area contributed by atoms with Gasteiger partial charge < -0.3 is 10.5 Å². The number of anilines is 1. The maximum absolute atomic E-state index is 11.6. The minimum Gasteiger partial charge on any atom is -0.416 e. The second-order valence-electron chi connectivity index (χ2n) is 3.95. The van der Waals surface area contributed by atoms with Crippen molar-refractivity contribution in [2.24, 2.45) is 0 Å². The van der Waals surface area contributed by atoms with Gasteiger partial charge in [0.05, 0.1) is 5.76 Å². The Labute approximate surface area is 94.3 Å². The van der Waals surface area contributed by atoms with Crippen molar-refractivity contribution in [1.29, 1.82) is 0 Å². The van der Waals surface area contributed by atoms with Crippen molar-refractivity contribution in [3.05, 3.63) is 41.7 Å². The number of rotatable bonds is 1. The normalized spacial score (nSPS) is 13.4. The third-order valence-electron chi connectivity index (χ3n) is 2.47. The van der Waals surface area contributed by atoms with Gasteiger partial charge in [0.2, 0.25) is 0 Å². The molecule has 0 saturated heterocycles. The summed E-state index contributed by atoms with van der Waals surface area (Å²) in [4.78, 5) is 13.2. The summed E-state index contributed by atoms with van der Waals surface area (Å²) < 4.78 is 4.96. The number of nitrogens with zero attached hydrogens (tertiary/aromatic N) is 1. The lowest BCUT2D eigenvalue weighted by molar-refractivity contribution is 0.128. The van der Waals surface area contributed by atoms with Crippen LogP contribution in [0.4, 0.5) is 10.5 Å². The summed E-state index contributed by atoms with van der Waals surface area (Å²) >= 11 is 0. The molecule has 4 heteroatoms. The third-order valence-corrected chi connectivity index (χ3v) is 2.47. The largest absolute Gasteiger partial charge is 0.416 e. The highest BCUT2D eigenvalue weighted by Gasteiger charge is 2.24. The Morgan fingerprint density at radius 2 is 2.12 bits per heavy atom. The van der Waals surface area contributed by atoms with Crippen molar-refractivity contribution >= 4 is 11.8 Å². The maximum atomic E-state index is 11.6. The minimum atomic E-state index is -0.359. The Hall–Kier alpha value is -1.97. The SMILES string of the molecule is C=C(C)OC(=O)N1Cc2ccc(N)cc2C1. The molecule has 0 spiro atoms. The van der Waals surface area contributed by atoms with Gasteiger partial charge in [0.25, 0.3) is 0 Å². The summed E-state index contributed by atoms with van der Waals surface area (Å²) in [5.41, 5.74) is 8.60. The number of allylic oxidation sites excluding steroid dienone is 1. The topological polar surface area (TPSA) is 55.6 Å². The van der Waals surface area contributed by atoms with E-state index in [9.17, 15) is 4.79 Å². The molecule has 0 unspecified atom stereocenters. The van der Waals surface area contributed by atoms with Gasteiger partial charge in [-0.2, -0.15) is 0 Å². The number of carbonyl (C=O) groups excluding carboxylic acids is 1. The number of ether oxygens (including phenoxy) is 1. The predicted octanol–water partition coefficient (Wildman–Crippen LogP) is 2.25. The lowest BCUT2D eigenvalue weighted by atomic mass is 10.1. The Morgan fingerprint density at radius 1 is 1.44 bits per heavy atom. The van der Waals surface area contributed by atoms with Crippen LogP contribution in [-0.4, -0.2) is 11.0 Å². The molecule has 0 fully saturated rings. The molecule has 0 bridgehead atoms. The van der Waals surface area contributed by atoms with Gasteiger partial charge >= 0.3 is 6.09 Å². The molecule has 84 valence electrons. The molecule has 2 N–H and O–H groups in total. The van der Waals surface area contributed by atoms with E-state index in [0.29, 0.717) is 24.5 Å². The Morgan fingerprint density at radius 3 is 2.81 bits per heavy atom. The van der Waals surface area contributed by atoms with Crippen LogP contribution in [0.3, 0.4) is 0 Å². The zero-order valence-electron chi connectivity index (χ0n) is 9.19. The van der Waals surface area contributed by atoms with Gasteiger partial charge in [-0.1, -0.05) is 12.6 Å². The van der Waals surface area contributed by atoms with Gasteiger partial charge in [-0.05, 0) is 30.2 Å². The van der Waals surface area contributed by atoms with Gasteiger partial charge in [-0.3, -0.25) is 4.90 Å². The quantitative estimate of drug-likeness (QED) is 0.581. The number of fused-ring (bicyclic) bond motifs is 1. The molecule has 0 radical (unpaired) electrons. The molecule has 16 heavy (non-hydrogen) atoms. The van der Waals surface area contributed by atoms with E-state index in [4.69, 9.17) is 10.5 Å². The number of amides is 1. The van der Waals surface area contributed by atoms with Crippen LogP contribution in [0.15, 0.2) is 30.5 Å². The molecule has 1 aliphatic rings. The number of nitrogens with two attached hydrogens (primary N) is 1. The molecule has 0 atom stereocenters. The first kappa shape index (κ1) is 10.5. The van der Waals surface area contributed by atoms with Crippen LogP contribution >= 0.6 is 0 Å². The van der Waals surface area contributed by atoms with E-state index in [1.807, 2.05) is 18.2 Å². The second kappa shape index (κ2) is 3.89. The molecule has 1 aliphatic heterocycles. The molecule has 0 aromatic heterocycles. The zero-order valence-corrected chi connectivity index (χ0v) is 9.19. The van der Waals surface area contributed by atoms with Crippen LogP contribution in [0.2, 0.25) is 0 Å². The summed E-state index contributed by atoms with van der Waals surface area (Å²) in [6.07, 6.45) is -0.359. The number of benzene rings is 1. The highest BCUT2D eigenvalue weighted by molar-refractivity contribution is 5.70. The highest BCUT2D eigenvalue weighted by Crippen LogP contribution is 2.25. The lowest BCUT2D eigenvalue weighted by Crippen LogP contribution is -2.25. The fourth-order valence-corrected chi connectivity index (χ4v) is 1.76. The first-order valence-electron chi connectivity index (χ1n) is 5.06. The molecular formula is C12H14N2O2. The Balaban J connectivity index is 2.10. The Bertz CT molecular complexity index is 454. The summed E-state index contributed by atoms with van der Waals surface area (Å²) in [5, 5.41) is 0. The number of hydrogen-bond acceptors (Lipinski definition) is 3. The van der Waals surface area contributed by atoms with Crippen molar-refractivity contribution in [3.63, 3.8) is 0 Å². The highest BCUT2D eigenvalue weighted by atomic mass is 16.6. The predicted molar refractivity (Wildman–Crippen MR) is 61.4 cm³/mol. The van der Waals surface area contributed by atoms with Gasteiger partial charge in [0.1, 0.15) is 0 Å². The average molecular weight is 218 g/mol. The summed E-state index contributed by atoms with van der Waals surface area (Å²) in [6.45, 7) is 6.31. The van der Waals surface area contributed by atoms with E-state index in [1.165, 1.54) is 0 Å². The lowest BCUT2D eigenvalue weighted by Gasteiger charge is -2.14. The number of carbonyl (C=O) groups is 1. The van der Waals surface area contributed by atoms with Gasteiger partial charge in [0.15, 0.2) is 0 Å². The van der Waals surface area contributed by atoms with Crippen molar-refractivity contribution in [3.8, 4) is 0 Å². The van der Waals surface area contributed by atoms with E-state index in [0.717, 1.165) is 11.1 Å². The van der Waals surface area contributed by atoms with Crippen molar-refractivity contribution in [2.75, 3.05) is 5.73 Å². The van der Waals surface area contributed by atoms with E-state index in [-0.39, 0.29) is 6.09 Å². The van der Waals surface area contributed by atoms with Crippen LogP contribution in [0, 0.1) is 0 Å². The van der Waals surface area contributed by atoms with Crippen LogP contribution in [0.25, 0.3) is 0 Å². The van der Waals surface area contributed by atoms with Crippen molar-refractivity contribution in [1.82, 2.24) is 4.90 Å². The summed E-state index contributed by atoms with van der Waals surface area (Å²) in [5.74, 6) is 0.403. The molecule has 0 aliphatic carbocycles. The third kappa shape index (κ3) is 2.00. The Kier molecular flexibility index (Phi) is 2.56. The van der Waals surface area contributed by atoms with Crippen LogP contribution in [0.5, 0.6) is 0 Å². The van der Waals surface area contributed by atoms with Crippen LogP contribution in [-0.2, 0) is 17.8 Å². The molecule has 1 heterocycles. The summed E-state index contributed by atoms with van der Waals surface area (Å²) in [7, 11) is 0. The minimum absolute atomic E-state index is 0.359. The van der Waals surface area contributed by atoms with E-state index in [1.54, 1.807) is 11.8 Å². The zero-order chi connectivity index (χ0) is 11.7. The van der Waals surface area contributed by atoms with Gasteiger partial charge in [-0.25, -0.2) is 4.79 Å². The first-order valence-corrected chi connectivity index (χ1v) is 5.06. The van der Waals surface area contributed by atoms with Gasteiger partial charge in [-0.15, -0.1) is 0 Å². The number of nitrogen functional groups attached to an aromatic ring is 1. The fourth-order valence-electron chi connectivity index (χ4n) is 1.76. The second-order valence-corrected chi connectivity index (χ2v) is 3.95. The van der Waals surface area contributed by atoms with E-state index >= 15 is 0 Å². The average Bonchev–Trinajstić information content (AvgIpc) is 2.59. The van der Waals surface area contributed by atoms with Crippen LogP contribution < -0.4 is 5.73 Å². The molecule has 2 rings (SSSR count). The molecule has 0 saturated carbocycles. The molecule has 1 aromatic carbocycles. The van der Waals surface area contributed by atoms with E-state index < -0.39 is 0 Å². The van der Waals surface area contributed by atoms with Crippen molar-refractivity contribution < 1.29 is 9.53 Å². The standard InChI is InChI=1S/C12H14N2O2/c1-8(2)16-12(15)14-6-9-3-4-11(13)5-10(9)7-14/h3-5H,1,6-7,13H2,2H3. The maximum Gasteiger partial charge on any atom is 0.415 e. The van der Waals surface area contributed by atoms with E-state index in [2.05, 4.69) is 6.58 Å². The fraction of sp³-hybridized carbons (Fsp3) is 0.250. The molecule has 1 amide bonds. The monoisotopic (exact) mass is 218 g/mol. The van der Waals surface area contributed by atoms with Gasteiger partial charge in [0, 0.05) is 18.8 Å². The smallest absolute Gasteiger partial charge is 0.415 e. The summed E-state index contributed by atoms with van der Waals surface area (Å²) in [6, 6.07) is 5.68. The molecular weight excluding hydrogens is 204 g/mol. The van der Waals surface area contributed by atoms with Crippen molar-refractivity contribution in [2.45, 2.75) is 20.0 Å². The van der Waals surface area contributed by atoms with Crippen LogP contribution in [0.1, 0.15) is 18.1 Å². The number of hydrogen-bond donors (Lipinski definition) is 1. The molecule has 4 nitrogen and oxygen atoms in total.